The molecule has 0 aliphatic heterocycles. The highest BCUT2D eigenvalue weighted by Crippen LogP contribution is 2.43. The van der Waals surface area contributed by atoms with E-state index in [2.05, 4.69) is 36.4 Å². The SMILES string of the molecule is [2H]c1c([2H])c([2H])c2c(c1[2H])c1c([2H])c(-n3c4c([2H])c([2H])c([2H])c5c4c4c(c([2H])c([2H])c([2H])c43)n5-c3ccccc3)c([2H])c([2H])c1n2-c1cccc([Si](c2ccccc2)(c2ccccc2)c2ccccc2)c1. The summed E-state index contributed by atoms with van der Waals surface area (Å²) in [4.78, 5) is 0. The zero-order valence-corrected chi connectivity index (χ0v) is 31.7. The van der Waals surface area contributed by atoms with Crippen molar-refractivity contribution in [3.8, 4) is 17.1 Å². The van der Waals surface area contributed by atoms with Crippen molar-refractivity contribution in [2.75, 3.05) is 0 Å². The van der Waals surface area contributed by atoms with Crippen molar-refractivity contribution >= 4 is 83.5 Å². The maximum atomic E-state index is 10.2. The molecular weight excluding hydrogens is 719 g/mol. The maximum Gasteiger partial charge on any atom is 0.179 e. The van der Waals surface area contributed by atoms with Crippen molar-refractivity contribution in [3.05, 3.63) is 224 Å². The molecule has 0 aliphatic rings. The summed E-state index contributed by atoms with van der Waals surface area (Å²) in [7, 11) is -3.20. The Morgan fingerprint density at radius 3 is 1.33 bits per heavy atom. The van der Waals surface area contributed by atoms with Crippen molar-refractivity contribution in [3.63, 3.8) is 0 Å². The molecule has 0 unspecified atom stereocenters. The van der Waals surface area contributed by atoms with E-state index in [0.717, 1.165) is 20.7 Å². The van der Waals surface area contributed by atoms with Gasteiger partial charge in [-0.1, -0.05) is 152 Å². The highest BCUT2D eigenvalue weighted by molar-refractivity contribution is 7.19. The fraction of sp³-hybridized carbons (Fsp3) is 0. The molecule has 3 heterocycles. The molecule has 0 saturated carbocycles. The fourth-order valence-electron chi connectivity index (χ4n) is 9.02. The van der Waals surface area contributed by atoms with Crippen LogP contribution in [0.5, 0.6) is 0 Å². The van der Waals surface area contributed by atoms with Crippen molar-refractivity contribution in [2.24, 2.45) is 0 Å². The molecule has 272 valence electrons. The second-order valence-corrected chi connectivity index (χ2v) is 18.1. The minimum absolute atomic E-state index is 0.0264. The third-order valence-electron chi connectivity index (χ3n) is 11.4. The van der Waals surface area contributed by atoms with E-state index in [-0.39, 0.29) is 72.4 Å². The van der Waals surface area contributed by atoms with Gasteiger partial charge in [0.05, 0.1) is 50.9 Å². The Kier molecular flexibility index (Phi) is 4.94. The topological polar surface area (TPSA) is 14.8 Å². The lowest BCUT2D eigenvalue weighted by atomic mass is 10.1. The van der Waals surface area contributed by atoms with E-state index in [0.29, 0.717) is 11.4 Å². The van der Waals surface area contributed by atoms with Crippen LogP contribution in [0.4, 0.5) is 0 Å². The lowest BCUT2D eigenvalue weighted by Crippen LogP contribution is -2.74. The molecule has 0 fully saturated rings. The number of fused-ring (bicyclic) bond motifs is 3. The average Bonchev–Trinajstić information content (AvgIpc) is 4.06. The van der Waals surface area contributed by atoms with Gasteiger partial charge in [0, 0.05) is 38.6 Å². The Bertz CT molecular complexity index is 4010. The van der Waals surface area contributed by atoms with Gasteiger partial charge in [0.15, 0.2) is 8.07 Å². The number of hydrogen-bond acceptors (Lipinski definition) is 0. The Morgan fingerprint density at radius 2 is 0.759 bits per heavy atom. The molecule has 4 heteroatoms. The minimum atomic E-state index is -3.20. The smallest absolute Gasteiger partial charge is 0.179 e. The molecule has 0 bridgehead atoms. The summed E-state index contributed by atoms with van der Waals surface area (Å²) in [6.07, 6.45) is 0. The Morgan fingerprint density at radius 1 is 0.328 bits per heavy atom. The summed E-state index contributed by atoms with van der Waals surface area (Å²) in [5.41, 5.74) is 0.639. The van der Waals surface area contributed by atoms with Crippen LogP contribution in [-0.4, -0.2) is 21.8 Å². The van der Waals surface area contributed by atoms with Gasteiger partial charge >= 0.3 is 0 Å². The van der Waals surface area contributed by atoms with Crippen LogP contribution in [0.25, 0.3) is 71.7 Å². The van der Waals surface area contributed by atoms with E-state index >= 15 is 0 Å². The highest BCUT2D eigenvalue weighted by atomic mass is 28.3. The zero-order valence-electron chi connectivity index (χ0n) is 43.7. The van der Waals surface area contributed by atoms with Crippen LogP contribution >= 0.6 is 0 Å². The number of benzene rings is 9. The van der Waals surface area contributed by atoms with E-state index in [1.54, 1.807) is 45.5 Å². The predicted octanol–water partition coefficient (Wildman–Crippen LogP) is 10.6. The van der Waals surface area contributed by atoms with Gasteiger partial charge in [0.25, 0.3) is 0 Å². The molecule has 0 spiro atoms. The largest absolute Gasteiger partial charge is 0.309 e. The van der Waals surface area contributed by atoms with E-state index in [1.807, 2.05) is 72.8 Å². The van der Waals surface area contributed by atoms with Crippen LogP contribution in [0.1, 0.15) is 17.8 Å². The molecule has 9 aromatic carbocycles. The molecule has 58 heavy (non-hydrogen) atoms. The van der Waals surface area contributed by atoms with Crippen molar-refractivity contribution in [1.29, 1.82) is 0 Å². The summed E-state index contributed by atoms with van der Waals surface area (Å²) >= 11 is 0. The van der Waals surface area contributed by atoms with Crippen LogP contribution in [0, 0.1) is 0 Å². The van der Waals surface area contributed by atoms with Crippen LogP contribution in [-0.2, 0) is 0 Å². The second-order valence-electron chi connectivity index (χ2n) is 14.3. The number of para-hydroxylation sites is 2. The Labute approximate surface area is 355 Å². The first-order valence-corrected chi connectivity index (χ1v) is 21.0. The minimum Gasteiger partial charge on any atom is -0.309 e. The summed E-state index contributed by atoms with van der Waals surface area (Å²) in [6.45, 7) is 0. The van der Waals surface area contributed by atoms with E-state index in [1.165, 1.54) is 4.57 Å². The highest BCUT2D eigenvalue weighted by Gasteiger charge is 2.41. The van der Waals surface area contributed by atoms with E-state index in [9.17, 15) is 12.3 Å². The summed E-state index contributed by atoms with van der Waals surface area (Å²) in [5.74, 6) is 0. The molecular formula is C54H37N3Si. The Balaban J connectivity index is 1.24. The normalized spacial score (nSPS) is 15.3. The second kappa shape index (κ2) is 12.8. The molecule has 3 aromatic heterocycles. The van der Waals surface area contributed by atoms with E-state index < -0.39 is 74.5 Å². The molecule has 0 radical (unpaired) electrons. The van der Waals surface area contributed by atoms with Gasteiger partial charge in [-0.3, -0.25) is 0 Å². The van der Waals surface area contributed by atoms with E-state index in [4.69, 9.17) is 5.48 Å². The zero-order chi connectivity index (χ0) is 49.5. The first-order chi connectivity index (χ1) is 34.2. The molecule has 12 rings (SSSR count). The average molecular weight is 769 g/mol. The first-order valence-electron chi connectivity index (χ1n) is 25.5. The molecule has 0 atom stereocenters. The number of aromatic nitrogens is 3. The molecule has 0 saturated heterocycles. The van der Waals surface area contributed by atoms with Crippen LogP contribution in [0.15, 0.2) is 224 Å². The fourth-order valence-corrected chi connectivity index (χ4v) is 13.8. The van der Waals surface area contributed by atoms with Crippen molar-refractivity contribution < 1.29 is 17.8 Å². The van der Waals surface area contributed by atoms with Gasteiger partial charge in [-0.2, -0.15) is 0 Å². The number of rotatable bonds is 7. The molecule has 0 amide bonds. The van der Waals surface area contributed by atoms with Crippen molar-refractivity contribution in [2.45, 2.75) is 0 Å². The lowest BCUT2D eigenvalue weighted by Gasteiger charge is -2.34. The monoisotopic (exact) mass is 768 g/mol. The number of hydrogen-bond donors (Lipinski definition) is 0. The number of nitrogens with zero attached hydrogens (tertiary/aromatic N) is 3. The molecule has 0 aliphatic carbocycles. The summed E-state index contributed by atoms with van der Waals surface area (Å²) < 4.78 is 127. The van der Waals surface area contributed by atoms with Crippen molar-refractivity contribution in [1.82, 2.24) is 13.7 Å². The van der Waals surface area contributed by atoms with Crippen LogP contribution < -0.4 is 20.7 Å². The van der Waals surface area contributed by atoms with Crippen LogP contribution in [0.3, 0.4) is 0 Å². The Hall–Kier alpha value is -7.40. The van der Waals surface area contributed by atoms with Gasteiger partial charge < -0.3 is 13.7 Å². The standard InChI is InChI=1S/C54H37N3Si/c1-5-18-38(19-6-1)55-49-30-16-32-51-53(49)54-50(55)31-17-33-52(54)57(51)40-34-35-48-46(37-40)45-28-13-14-29-47(45)56(48)39-20-15-27-44(36-39)58(41-21-7-2-8-22-41,42-23-9-3-10-24-42)43-25-11-4-12-26-43/h1-37H/i13D,14D,16D,17D,28D,29D,30D,31D,32D,33D,34D,35D,37D. The summed E-state index contributed by atoms with van der Waals surface area (Å²) in [5, 5.41) is 4.39. The van der Waals surface area contributed by atoms with Gasteiger partial charge in [-0.05, 0) is 93.4 Å². The van der Waals surface area contributed by atoms with Gasteiger partial charge in [0.2, 0.25) is 0 Å². The lowest BCUT2D eigenvalue weighted by molar-refractivity contribution is 1.15. The third-order valence-corrected chi connectivity index (χ3v) is 16.1. The molecule has 12 aromatic rings. The molecule has 3 nitrogen and oxygen atoms in total. The maximum absolute atomic E-state index is 10.2. The van der Waals surface area contributed by atoms with Gasteiger partial charge in [0.1, 0.15) is 0 Å². The molecule has 0 N–H and O–H groups in total. The first kappa shape index (κ1) is 22.4. The van der Waals surface area contributed by atoms with Gasteiger partial charge in [-0.15, -0.1) is 0 Å². The van der Waals surface area contributed by atoms with Crippen LogP contribution in [0.2, 0.25) is 0 Å². The quantitative estimate of drug-likeness (QED) is 0.113. The third kappa shape index (κ3) is 4.61. The summed E-state index contributed by atoms with van der Waals surface area (Å²) in [6, 6.07) is 41.0. The predicted molar refractivity (Wildman–Crippen MR) is 247 cm³/mol. The van der Waals surface area contributed by atoms with Gasteiger partial charge in [-0.25, -0.2) is 0 Å².